The maximum atomic E-state index is 13.1. The van der Waals surface area contributed by atoms with Crippen LogP contribution in [-0.2, 0) is 36.8 Å². The number of aromatic hydroxyl groups is 1. The molecule has 0 spiro atoms. The molecular weight excluding hydrogens is 496 g/mol. The number of rotatable bonds is 15. The lowest BCUT2D eigenvalue weighted by molar-refractivity contribution is -0.139. The van der Waals surface area contributed by atoms with Crippen LogP contribution < -0.4 is 21.7 Å². The molecule has 3 amide bonds. The van der Waals surface area contributed by atoms with E-state index in [1.807, 2.05) is 0 Å². The Balaban J connectivity index is 2.13. The van der Waals surface area contributed by atoms with E-state index in [1.165, 1.54) is 12.1 Å². The number of carboxylic acids is 2. The normalized spacial score (nSPS) is 13.0. The molecule has 2 aromatic rings. The van der Waals surface area contributed by atoms with Crippen molar-refractivity contribution in [3.8, 4) is 5.75 Å². The first kappa shape index (κ1) is 29.8. The number of aliphatic carboxylic acids is 2. The highest BCUT2D eigenvalue weighted by Crippen LogP contribution is 2.11. The zero-order valence-electron chi connectivity index (χ0n) is 20.6. The third-order valence-corrected chi connectivity index (χ3v) is 5.56. The molecule has 0 unspecified atom stereocenters. The minimum Gasteiger partial charge on any atom is -0.508 e. The van der Waals surface area contributed by atoms with Gasteiger partial charge in [0.15, 0.2) is 0 Å². The largest absolute Gasteiger partial charge is 0.508 e. The molecule has 0 saturated carbocycles. The van der Waals surface area contributed by atoms with E-state index in [4.69, 9.17) is 15.9 Å². The smallest absolute Gasteiger partial charge is 0.305 e. The van der Waals surface area contributed by atoms with Crippen molar-refractivity contribution >= 4 is 29.7 Å². The number of nitrogens with two attached hydrogens (primary N) is 1. The van der Waals surface area contributed by atoms with Crippen LogP contribution in [0.3, 0.4) is 0 Å². The number of benzene rings is 2. The van der Waals surface area contributed by atoms with E-state index >= 15 is 0 Å². The van der Waals surface area contributed by atoms with Crippen molar-refractivity contribution in [1.29, 1.82) is 0 Å². The number of carbonyl (C=O) groups excluding carboxylic acids is 3. The molecule has 0 aliphatic rings. The summed E-state index contributed by atoms with van der Waals surface area (Å²) in [7, 11) is 0. The van der Waals surface area contributed by atoms with Gasteiger partial charge in [-0.05, 0) is 36.1 Å². The fraction of sp³-hybridized carbons (Fsp3) is 0.346. The molecule has 3 atom stereocenters. The summed E-state index contributed by atoms with van der Waals surface area (Å²) >= 11 is 0. The number of nitrogens with one attached hydrogen (secondary N) is 3. The summed E-state index contributed by atoms with van der Waals surface area (Å²) < 4.78 is 0. The van der Waals surface area contributed by atoms with Crippen LogP contribution in [0.25, 0.3) is 0 Å². The first-order valence-corrected chi connectivity index (χ1v) is 11.9. The van der Waals surface area contributed by atoms with Gasteiger partial charge in [0.05, 0.1) is 12.5 Å². The molecule has 2 aromatic carbocycles. The number of phenolic OH excluding ortho intramolecular Hbond substituents is 1. The van der Waals surface area contributed by atoms with Gasteiger partial charge in [0.1, 0.15) is 17.8 Å². The molecule has 12 heteroatoms. The quantitative estimate of drug-likeness (QED) is 0.165. The molecule has 2 rings (SSSR count). The molecule has 204 valence electrons. The van der Waals surface area contributed by atoms with Crippen molar-refractivity contribution < 1.29 is 39.3 Å². The van der Waals surface area contributed by atoms with Crippen molar-refractivity contribution in [1.82, 2.24) is 16.0 Å². The Morgan fingerprint density at radius 2 is 1.29 bits per heavy atom. The molecule has 38 heavy (non-hydrogen) atoms. The summed E-state index contributed by atoms with van der Waals surface area (Å²) in [5.74, 6) is -4.35. The molecule has 12 nitrogen and oxygen atoms in total. The van der Waals surface area contributed by atoms with E-state index in [2.05, 4.69) is 16.0 Å². The lowest BCUT2D eigenvalue weighted by Gasteiger charge is -2.24. The topological polar surface area (TPSA) is 208 Å². The summed E-state index contributed by atoms with van der Waals surface area (Å²) in [4.78, 5) is 60.6. The molecule has 0 aliphatic carbocycles. The number of carboxylic acid groups (broad SMARTS) is 2. The Morgan fingerprint density at radius 1 is 0.711 bits per heavy atom. The average molecular weight is 529 g/mol. The van der Waals surface area contributed by atoms with Gasteiger partial charge in [-0.2, -0.15) is 0 Å². The van der Waals surface area contributed by atoms with Gasteiger partial charge < -0.3 is 37.0 Å². The second-order valence-electron chi connectivity index (χ2n) is 8.66. The summed E-state index contributed by atoms with van der Waals surface area (Å²) in [5, 5.41) is 34.8. The number of hydrogen-bond donors (Lipinski definition) is 7. The van der Waals surface area contributed by atoms with Crippen LogP contribution in [0.4, 0.5) is 0 Å². The van der Waals surface area contributed by atoms with Crippen LogP contribution in [0.2, 0.25) is 0 Å². The zero-order valence-corrected chi connectivity index (χ0v) is 20.6. The second kappa shape index (κ2) is 15.0. The fourth-order valence-electron chi connectivity index (χ4n) is 3.54. The van der Waals surface area contributed by atoms with Crippen LogP contribution in [-0.4, -0.2) is 69.7 Å². The Labute approximate surface area is 219 Å². The summed E-state index contributed by atoms with van der Waals surface area (Å²) in [6.07, 6.45) is -0.821. The van der Waals surface area contributed by atoms with E-state index in [-0.39, 0.29) is 38.0 Å². The molecule has 0 aliphatic heterocycles. The van der Waals surface area contributed by atoms with Gasteiger partial charge in [0, 0.05) is 19.4 Å². The fourth-order valence-corrected chi connectivity index (χ4v) is 3.54. The summed E-state index contributed by atoms with van der Waals surface area (Å²) in [6.45, 7) is -0.152. The summed E-state index contributed by atoms with van der Waals surface area (Å²) in [6, 6.07) is 11.4. The van der Waals surface area contributed by atoms with Crippen LogP contribution in [0.15, 0.2) is 54.6 Å². The van der Waals surface area contributed by atoms with E-state index in [0.717, 1.165) is 0 Å². The lowest BCUT2D eigenvalue weighted by Crippen LogP contribution is -2.56. The highest BCUT2D eigenvalue weighted by molar-refractivity contribution is 5.93. The number of phenols is 1. The zero-order chi connectivity index (χ0) is 28.1. The number of carbonyl (C=O) groups is 5. The number of hydrogen-bond acceptors (Lipinski definition) is 7. The minimum absolute atomic E-state index is 0.0502. The molecule has 0 heterocycles. The molecule has 0 bridgehead atoms. The predicted molar refractivity (Wildman–Crippen MR) is 136 cm³/mol. The Hall–Kier alpha value is -4.45. The van der Waals surface area contributed by atoms with Gasteiger partial charge in [-0.3, -0.25) is 24.0 Å². The third-order valence-electron chi connectivity index (χ3n) is 5.56. The minimum atomic E-state index is -1.30. The molecule has 0 fully saturated rings. The first-order valence-electron chi connectivity index (χ1n) is 11.9. The standard InChI is InChI=1S/C26H32N4O8/c27-19(14-17-6-8-18(31)9-7-17)24(36)29-20(10-11-22(32)33)26(38)30-21(15-16-4-2-1-3-5-16)25(37)28-13-12-23(34)35/h1-9,19-21,31H,10-15,27H2,(H,28,37)(H,29,36)(H,30,38)(H,32,33)(H,34,35)/t19-,20+,21-/m0/s1. The van der Waals surface area contributed by atoms with E-state index in [0.29, 0.717) is 11.1 Å². The molecule has 0 saturated heterocycles. The van der Waals surface area contributed by atoms with Crippen molar-refractivity contribution in [2.75, 3.05) is 6.54 Å². The van der Waals surface area contributed by atoms with Gasteiger partial charge in [-0.1, -0.05) is 42.5 Å². The van der Waals surface area contributed by atoms with E-state index in [1.54, 1.807) is 42.5 Å². The third kappa shape index (κ3) is 10.7. The second-order valence-corrected chi connectivity index (χ2v) is 8.66. The molecule has 0 aromatic heterocycles. The Bertz CT molecular complexity index is 1110. The summed E-state index contributed by atoms with van der Waals surface area (Å²) in [5.41, 5.74) is 7.37. The lowest BCUT2D eigenvalue weighted by atomic mass is 10.0. The molecule has 0 radical (unpaired) electrons. The van der Waals surface area contributed by atoms with Gasteiger partial charge >= 0.3 is 11.9 Å². The van der Waals surface area contributed by atoms with Crippen LogP contribution in [0, 0.1) is 0 Å². The highest BCUT2D eigenvalue weighted by Gasteiger charge is 2.29. The first-order chi connectivity index (χ1) is 18.0. The Morgan fingerprint density at radius 3 is 1.89 bits per heavy atom. The van der Waals surface area contributed by atoms with E-state index < -0.39 is 54.2 Å². The monoisotopic (exact) mass is 528 g/mol. The van der Waals surface area contributed by atoms with Crippen molar-refractivity contribution in [2.45, 2.75) is 50.2 Å². The number of amides is 3. The van der Waals surface area contributed by atoms with Crippen LogP contribution in [0.5, 0.6) is 5.75 Å². The molecular formula is C26H32N4O8. The van der Waals surface area contributed by atoms with E-state index in [9.17, 15) is 29.1 Å². The van der Waals surface area contributed by atoms with Crippen LogP contribution in [0.1, 0.15) is 30.4 Å². The van der Waals surface area contributed by atoms with Crippen molar-refractivity contribution in [3.05, 3.63) is 65.7 Å². The maximum absolute atomic E-state index is 13.1. The SMILES string of the molecule is N[C@@H](Cc1ccc(O)cc1)C(=O)N[C@H](CCC(=O)O)C(=O)N[C@@H](Cc1ccccc1)C(=O)NCCC(=O)O. The van der Waals surface area contributed by atoms with Gasteiger partial charge in [-0.15, -0.1) is 0 Å². The predicted octanol–water partition coefficient (Wildman–Crippen LogP) is -0.0700. The van der Waals surface area contributed by atoms with Crippen LogP contribution >= 0.6 is 0 Å². The van der Waals surface area contributed by atoms with Gasteiger partial charge in [0.25, 0.3) is 0 Å². The van der Waals surface area contributed by atoms with Gasteiger partial charge in [-0.25, -0.2) is 0 Å². The van der Waals surface area contributed by atoms with Crippen molar-refractivity contribution in [2.24, 2.45) is 5.73 Å². The average Bonchev–Trinajstić information content (AvgIpc) is 2.87. The van der Waals surface area contributed by atoms with Gasteiger partial charge in [0.2, 0.25) is 17.7 Å². The maximum Gasteiger partial charge on any atom is 0.305 e. The Kier molecular flexibility index (Phi) is 11.7. The highest BCUT2D eigenvalue weighted by atomic mass is 16.4. The molecule has 8 N–H and O–H groups in total. The van der Waals surface area contributed by atoms with Crippen molar-refractivity contribution in [3.63, 3.8) is 0 Å².